The molecule has 0 aromatic carbocycles. The first-order valence-electron chi connectivity index (χ1n) is 8.19. The first kappa shape index (κ1) is 17.4. The molecule has 2 aliphatic rings. The van der Waals surface area contributed by atoms with Crippen LogP contribution in [0.25, 0.3) is 0 Å². The fraction of sp³-hybridized carbons (Fsp3) is 1.00. The van der Waals surface area contributed by atoms with E-state index < -0.39 is 8.80 Å². The molecule has 6 heteroatoms. The van der Waals surface area contributed by atoms with Crippen molar-refractivity contribution in [1.29, 1.82) is 0 Å². The minimum atomic E-state index is -2.46. The van der Waals surface area contributed by atoms with E-state index in [0.717, 1.165) is 32.0 Å². The Kier molecular flexibility index (Phi) is 6.65. The summed E-state index contributed by atoms with van der Waals surface area (Å²) in [6.45, 7) is 4.20. The van der Waals surface area contributed by atoms with Crippen molar-refractivity contribution in [3.05, 3.63) is 0 Å². The van der Waals surface area contributed by atoms with Crippen LogP contribution >= 0.6 is 0 Å². The highest BCUT2D eigenvalue weighted by Crippen LogP contribution is 2.32. The number of fused-ring (bicyclic) bond motifs is 1. The van der Waals surface area contributed by atoms with Crippen molar-refractivity contribution in [1.82, 2.24) is 4.90 Å². The molecule has 0 N–H and O–H groups in total. The summed E-state index contributed by atoms with van der Waals surface area (Å²) in [5.74, 6) is 0. The Bertz CT molecular complexity index is 314. The summed E-state index contributed by atoms with van der Waals surface area (Å²) in [4.78, 5) is 2.57. The van der Waals surface area contributed by atoms with Gasteiger partial charge in [0.15, 0.2) is 0 Å². The van der Waals surface area contributed by atoms with Gasteiger partial charge in [-0.05, 0) is 32.7 Å². The molecule has 0 amide bonds. The highest BCUT2D eigenvalue weighted by atomic mass is 28.4. The van der Waals surface area contributed by atoms with Crippen LogP contribution in [0.3, 0.4) is 0 Å². The molecule has 0 spiro atoms. The summed E-state index contributed by atoms with van der Waals surface area (Å²) in [5, 5.41) is 0. The largest absolute Gasteiger partial charge is 0.500 e. The van der Waals surface area contributed by atoms with Crippen LogP contribution in [0.15, 0.2) is 0 Å². The molecule has 0 aromatic heterocycles. The van der Waals surface area contributed by atoms with Crippen LogP contribution in [-0.4, -0.2) is 66.4 Å². The van der Waals surface area contributed by atoms with Gasteiger partial charge in [0.1, 0.15) is 0 Å². The van der Waals surface area contributed by atoms with Crippen LogP contribution in [0.2, 0.25) is 6.04 Å². The quantitative estimate of drug-likeness (QED) is 0.728. The van der Waals surface area contributed by atoms with Crippen LogP contribution in [0, 0.1) is 0 Å². The molecule has 21 heavy (non-hydrogen) atoms. The van der Waals surface area contributed by atoms with Gasteiger partial charge in [-0.15, -0.1) is 0 Å². The van der Waals surface area contributed by atoms with E-state index in [4.69, 9.17) is 18.0 Å². The molecule has 3 atom stereocenters. The molecule has 1 saturated heterocycles. The van der Waals surface area contributed by atoms with E-state index in [2.05, 4.69) is 11.8 Å². The molecule has 2 fully saturated rings. The first-order chi connectivity index (χ1) is 10.1. The zero-order valence-electron chi connectivity index (χ0n) is 14.0. The van der Waals surface area contributed by atoms with Gasteiger partial charge in [0.05, 0.1) is 12.2 Å². The first-order valence-corrected chi connectivity index (χ1v) is 10.1. The lowest BCUT2D eigenvalue weighted by atomic mass is 9.91. The Balaban J connectivity index is 2.11. The predicted octanol–water partition coefficient (Wildman–Crippen LogP) is 2.29. The van der Waals surface area contributed by atoms with Gasteiger partial charge >= 0.3 is 8.80 Å². The molecule has 0 aromatic rings. The third-order valence-corrected chi connectivity index (χ3v) is 7.78. The number of methoxy groups -OCH3 is 1. The van der Waals surface area contributed by atoms with Gasteiger partial charge in [0.2, 0.25) is 0 Å². The SMILES string of the molecule is COC(C)CN1CCC[Si](OC)(OC)OC2CCCCC21. The fourth-order valence-electron chi connectivity index (χ4n) is 3.60. The Hall–Kier alpha value is 0.0169. The van der Waals surface area contributed by atoms with E-state index in [1.807, 2.05) is 0 Å². The predicted molar refractivity (Wildman–Crippen MR) is 84.4 cm³/mol. The third kappa shape index (κ3) is 4.27. The molecule has 0 radical (unpaired) electrons. The molecule has 0 bridgehead atoms. The zero-order valence-corrected chi connectivity index (χ0v) is 15.0. The van der Waals surface area contributed by atoms with Crippen molar-refractivity contribution >= 4 is 8.80 Å². The summed E-state index contributed by atoms with van der Waals surface area (Å²) in [6.07, 6.45) is 6.42. The number of ether oxygens (including phenoxy) is 1. The number of hydrogen-bond acceptors (Lipinski definition) is 5. The molecular weight excluding hydrogens is 286 g/mol. The number of hydrogen-bond donors (Lipinski definition) is 0. The fourth-order valence-corrected chi connectivity index (χ4v) is 5.81. The van der Waals surface area contributed by atoms with E-state index in [1.165, 1.54) is 19.3 Å². The minimum Gasteiger partial charge on any atom is -0.380 e. The molecule has 5 nitrogen and oxygen atoms in total. The second-order valence-corrected chi connectivity index (χ2v) is 9.16. The Morgan fingerprint density at radius 1 is 1.14 bits per heavy atom. The second-order valence-electron chi connectivity index (χ2n) is 6.24. The zero-order chi connectivity index (χ0) is 15.3. The van der Waals surface area contributed by atoms with E-state index in [1.54, 1.807) is 21.3 Å². The van der Waals surface area contributed by atoms with Crippen LogP contribution in [0.5, 0.6) is 0 Å². The molecule has 2 rings (SSSR count). The van der Waals surface area contributed by atoms with Crippen molar-refractivity contribution < 1.29 is 18.0 Å². The summed E-state index contributed by atoms with van der Waals surface area (Å²) in [6, 6.07) is 1.38. The van der Waals surface area contributed by atoms with Gasteiger partial charge in [-0.3, -0.25) is 4.90 Å². The van der Waals surface area contributed by atoms with Crippen molar-refractivity contribution in [3.8, 4) is 0 Å². The third-order valence-electron chi connectivity index (χ3n) is 4.91. The van der Waals surface area contributed by atoms with Crippen LogP contribution in [0.1, 0.15) is 39.0 Å². The Morgan fingerprint density at radius 2 is 1.86 bits per heavy atom. The summed E-state index contributed by atoms with van der Waals surface area (Å²) in [5.41, 5.74) is 0. The molecule has 1 saturated carbocycles. The van der Waals surface area contributed by atoms with Crippen molar-refractivity contribution in [2.45, 2.75) is 63.3 Å². The van der Waals surface area contributed by atoms with Gasteiger partial charge in [0, 0.05) is 40.0 Å². The normalized spacial score (nSPS) is 32.0. The minimum absolute atomic E-state index is 0.245. The van der Waals surface area contributed by atoms with Gasteiger partial charge in [-0.1, -0.05) is 12.8 Å². The summed E-state index contributed by atoms with van der Waals surface area (Å²) < 4.78 is 23.3. The number of nitrogens with zero attached hydrogens (tertiary/aromatic N) is 1. The standard InChI is InChI=1S/C15H31NO4Si/c1-13(17-2)12-16-10-7-11-21(18-3,19-4)20-15-9-6-5-8-14(15)16/h13-15H,5-12H2,1-4H3. The highest BCUT2D eigenvalue weighted by molar-refractivity contribution is 6.60. The lowest BCUT2D eigenvalue weighted by Gasteiger charge is -2.45. The van der Waals surface area contributed by atoms with E-state index >= 15 is 0 Å². The maximum atomic E-state index is 6.44. The maximum absolute atomic E-state index is 6.44. The molecule has 124 valence electrons. The summed E-state index contributed by atoms with van der Waals surface area (Å²) in [7, 11) is 2.80. The van der Waals surface area contributed by atoms with Gasteiger partial charge < -0.3 is 18.0 Å². The van der Waals surface area contributed by atoms with Crippen molar-refractivity contribution in [2.24, 2.45) is 0 Å². The molecule has 1 aliphatic heterocycles. The van der Waals surface area contributed by atoms with Crippen molar-refractivity contribution in [3.63, 3.8) is 0 Å². The average molecular weight is 318 g/mol. The molecule has 3 unspecified atom stereocenters. The lowest BCUT2D eigenvalue weighted by Crippen LogP contribution is -2.57. The van der Waals surface area contributed by atoms with Crippen LogP contribution in [0.4, 0.5) is 0 Å². The van der Waals surface area contributed by atoms with Crippen molar-refractivity contribution in [2.75, 3.05) is 34.4 Å². The van der Waals surface area contributed by atoms with Crippen LogP contribution in [-0.2, 0) is 18.0 Å². The average Bonchev–Trinajstić information content (AvgIpc) is 2.51. The lowest BCUT2D eigenvalue weighted by molar-refractivity contribution is -0.0400. The molecule has 1 heterocycles. The monoisotopic (exact) mass is 317 g/mol. The number of rotatable bonds is 5. The topological polar surface area (TPSA) is 40.2 Å². The Morgan fingerprint density at radius 3 is 2.52 bits per heavy atom. The highest BCUT2D eigenvalue weighted by Gasteiger charge is 2.46. The maximum Gasteiger partial charge on any atom is 0.500 e. The van der Waals surface area contributed by atoms with Crippen LogP contribution < -0.4 is 0 Å². The molecular formula is C15H31NO4Si. The van der Waals surface area contributed by atoms with E-state index in [0.29, 0.717) is 6.04 Å². The van der Waals surface area contributed by atoms with Gasteiger partial charge in [-0.2, -0.15) is 0 Å². The van der Waals surface area contributed by atoms with Gasteiger partial charge in [-0.25, -0.2) is 0 Å². The second kappa shape index (κ2) is 8.03. The van der Waals surface area contributed by atoms with Gasteiger partial charge in [0.25, 0.3) is 0 Å². The smallest absolute Gasteiger partial charge is 0.380 e. The Labute approximate surface area is 130 Å². The molecule has 1 aliphatic carbocycles. The summed E-state index contributed by atoms with van der Waals surface area (Å²) >= 11 is 0. The van der Waals surface area contributed by atoms with E-state index in [-0.39, 0.29) is 12.2 Å². The van der Waals surface area contributed by atoms with E-state index in [9.17, 15) is 0 Å².